The van der Waals surface area contributed by atoms with E-state index in [2.05, 4.69) is 20.4 Å². The smallest absolute Gasteiger partial charge is 0.752 e. The van der Waals surface area contributed by atoms with Crippen LogP contribution in [-0.4, -0.2) is 32.7 Å². The molecule has 0 aliphatic rings. The molecule has 0 fully saturated rings. The molecule has 0 aromatic carbocycles. The molecular weight excluding hydrogens is 411 g/mol. The first kappa shape index (κ1) is 24.5. The van der Waals surface area contributed by atoms with Gasteiger partial charge in [0.05, 0.1) is 0 Å². The van der Waals surface area contributed by atoms with Gasteiger partial charge in [0.25, 0.3) is 0 Å². The molecule has 0 saturated carbocycles. The Kier molecular flexibility index (Phi) is 21.3. The zero-order valence-corrected chi connectivity index (χ0v) is 16.6. The summed E-state index contributed by atoms with van der Waals surface area (Å²) >= 11 is 12.4. The molecule has 0 radical (unpaired) electrons. The first-order chi connectivity index (χ1) is 8.33. The van der Waals surface area contributed by atoms with Crippen LogP contribution in [0.4, 0.5) is 0 Å². The average molecular weight is 429 g/mol. The molecule has 0 bridgehead atoms. The summed E-state index contributed by atoms with van der Waals surface area (Å²) < 4.78 is 1.16. The zero-order valence-electron chi connectivity index (χ0n) is 11.7. The Bertz CT molecular complexity index is 311. The molecule has 0 amide bonds. The SMILES string of the molecule is CSC([S-])=NN=C(C)C.CSC([S-])=NN=C(C)C.[Pd+2]. The van der Waals surface area contributed by atoms with Crippen molar-refractivity contribution >= 4 is 69.0 Å². The predicted octanol–water partition coefficient (Wildman–Crippen LogP) is 3.29. The van der Waals surface area contributed by atoms with E-state index in [0.29, 0.717) is 8.75 Å². The van der Waals surface area contributed by atoms with Gasteiger partial charge in [-0.05, 0) is 49.0 Å². The van der Waals surface area contributed by atoms with Gasteiger partial charge in [-0.3, -0.25) is 0 Å². The molecule has 0 aliphatic heterocycles. The van der Waals surface area contributed by atoms with Gasteiger partial charge in [0.15, 0.2) is 0 Å². The molecule has 0 rings (SSSR count). The van der Waals surface area contributed by atoms with Crippen molar-refractivity contribution in [2.45, 2.75) is 27.7 Å². The van der Waals surface area contributed by atoms with Crippen molar-refractivity contribution < 1.29 is 20.4 Å². The first-order valence-electron chi connectivity index (χ1n) is 4.93. The molecular formula is C10H18N4PdS4. The molecule has 0 aromatic rings. The summed E-state index contributed by atoms with van der Waals surface area (Å²) in [6, 6.07) is 0. The van der Waals surface area contributed by atoms with E-state index >= 15 is 0 Å². The number of hydrogen-bond donors (Lipinski definition) is 0. The van der Waals surface area contributed by atoms with E-state index in [1.807, 2.05) is 40.2 Å². The molecule has 0 N–H and O–H groups in total. The van der Waals surface area contributed by atoms with E-state index in [1.165, 1.54) is 23.5 Å². The van der Waals surface area contributed by atoms with Gasteiger partial charge in [-0.2, -0.15) is 20.4 Å². The molecule has 0 unspecified atom stereocenters. The first-order valence-corrected chi connectivity index (χ1v) is 8.19. The average Bonchev–Trinajstić information content (AvgIpc) is 2.33. The standard InChI is InChI=1S/2C5H10N2S2.Pd/c2*1-4(2)6-7-5(8)9-3;/h2*1-3H3,(H,7,8);/q;;+2/p-2. The Morgan fingerprint density at radius 2 is 0.947 bits per heavy atom. The third-order valence-corrected chi connectivity index (χ3v) is 3.04. The summed E-state index contributed by atoms with van der Waals surface area (Å²) in [4.78, 5) is 0. The van der Waals surface area contributed by atoms with E-state index in [0.717, 1.165) is 11.4 Å². The van der Waals surface area contributed by atoms with Crippen LogP contribution in [0.15, 0.2) is 20.4 Å². The van der Waals surface area contributed by atoms with Crippen LogP contribution >= 0.6 is 23.5 Å². The quantitative estimate of drug-likeness (QED) is 0.222. The molecule has 19 heavy (non-hydrogen) atoms. The van der Waals surface area contributed by atoms with Crippen LogP contribution < -0.4 is 0 Å². The molecule has 0 atom stereocenters. The van der Waals surface area contributed by atoms with Gasteiger partial charge in [0.1, 0.15) is 0 Å². The third-order valence-electron chi connectivity index (χ3n) is 1.01. The summed E-state index contributed by atoms with van der Waals surface area (Å²) in [5, 5.41) is 15.0. The third kappa shape index (κ3) is 23.9. The second-order valence-corrected chi connectivity index (χ2v) is 6.11. The Labute approximate surface area is 149 Å². The predicted molar refractivity (Wildman–Crippen MR) is 94.2 cm³/mol. The van der Waals surface area contributed by atoms with Gasteiger partial charge in [-0.1, -0.05) is 0 Å². The zero-order chi connectivity index (χ0) is 14.6. The number of thioether (sulfide) groups is 2. The van der Waals surface area contributed by atoms with Crippen molar-refractivity contribution in [3.63, 3.8) is 0 Å². The van der Waals surface area contributed by atoms with Crippen LogP contribution in [0.25, 0.3) is 0 Å². The van der Waals surface area contributed by atoms with Crippen LogP contribution in [-0.2, 0) is 45.7 Å². The normalized spacial score (nSPS) is 10.6. The van der Waals surface area contributed by atoms with Crippen molar-refractivity contribution in [3.8, 4) is 0 Å². The molecule has 0 saturated heterocycles. The van der Waals surface area contributed by atoms with Crippen LogP contribution in [0.1, 0.15) is 27.7 Å². The fourth-order valence-electron chi connectivity index (χ4n) is 0.363. The van der Waals surface area contributed by atoms with Crippen LogP contribution in [0, 0.1) is 0 Å². The van der Waals surface area contributed by atoms with Crippen molar-refractivity contribution in [1.82, 2.24) is 0 Å². The second-order valence-electron chi connectivity index (χ2n) is 3.23. The molecule has 4 nitrogen and oxygen atoms in total. The Morgan fingerprint density at radius 1 is 0.684 bits per heavy atom. The number of nitrogens with zero attached hydrogens (tertiary/aromatic N) is 4. The minimum Gasteiger partial charge on any atom is -0.752 e. The van der Waals surface area contributed by atoms with Gasteiger partial charge < -0.3 is 25.3 Å². The van der Waals surface area contributed by atoms with Crippen LogP contribution in [0.5, 0.6) is 0 Å². The maximum Gasteiger partial charge on any atom is 2.00 e. The van der Waals surface area contributed by atoms with Crippen LogP contribution in [0.2, 0.25) is 0 Å². The summed E-state index contributed by atoms with van der Waals surface area (Å²) in [6.45, 7) is 7.53. The maximum absolute atomic E-state index is 4.76. The summed E-state index contributed by atoms with van der Waals surface area (Å²) in [7, 11) is 0. The summed E-state index contributed by atoms with van der Waals surface area (Å²) in [5.74, 6) is 0. The van der Waals surface area contributed by atoms with E-state index in [9.17, 15) is 0 Å². The fraction of sp³-hybridized carbons (Fsp3) is 0.600. The minimum absolute atomic E-state index is 0. The Balaban J connectivity index is -0.000000256. The molecule has 112 valence electrons. The van der Waals surface area contributed by atoms with Crippen molar-refractivity contribution in [1.29, 1.82) is 0 Å². The molecule has 0 aromatic heterocycles. The number of rotatable bonds is 2. The van der Waals surface area contributed by atoms with Crippen molar-refractivity contribution in [2.75, 3.05) is 12.5 Å². The van der Waals surface area contributed by atoms with Gasteiger partial charge in [0, 0.05) is 11.4 Å². The molecule has 0 heterocycles. The van der Waals surface area contributed by atoms with Gasteiger partial charge in [0.2, 0.25) is 0 Å². The largest absolute Gasteiger partial charge is 2.00 e. The van der Waals surface area contributed by atoms with Gasteiger partial charge >= 0.3 is 20.4 Å². The van der Waals surface area contributed by atoms with E-state index in [-0.39, 0.29) is 20.4 Å². The monoisotopic (exact) mass is 428 g/mol. The van der Waals surface area contributed by atoms with Crippen molar-refractivity contribution in [3.05, 3.63) is 0 Å². The molecule has 9 heteroatoms. The van der Waals surface area contributed by atoms with Gasteiger partial charge in [-0.15, -0.1) is 23.5 Å². The Morgan fingerprint density at radius 3 is 1.11 bits per heavy atom. The summed E-state index contributed by atoms with van der Waals surface area (Å²) in [6.07, 6.45) is 3.76. The second kappa shape index (κ2) is 16.5. The van der Waals surface area contributed by atoms with E-state index in [4.69, 9.17) is 25.3 Å². The van der Waals surface area contributed by atoms with Crippen molar-refractivity contribution in [2.24, 2.45) is 20.4 Å². The topological polar surface area (TPSA) is 49.4 Å². The maximum atomic E-state index is 4.76. The number of hydrogen-bond acceptors (Lipinski definition) is 8. The van der Waals surface area contributed by atoms with E-state index in [1.54, 1.807) is 0 Å². The fourth-order valence-corrected chi connectivity index (χ4v) is 0.690. The van der Waals surface area contributed by atoms with E-state index < -0.39 is 0 Å². The molecule has 0 aliphatic carbocycles. The van der Waals surface area contributed by atoms with Crippen LogP contribution in [0.3, 0.4) is 0 Å². The minimum atomic E-state index is 0. The Hall–Kier alpha value is 0.482. The summed E-state index contributed by atoms with van der Waals surface area (Å²) in [5.41, 5.74) is 1.85. The molecule has 0 spiro atoms. The van der Waals surface area contributed by atoms with Gasteiger partial charge in [-0.25, -0.2) is 0 Å².